The summed E-state index contributed by atoms with van der Waals surface area (Å²) in [5.74, 6) is 0.693. The molecule has 0 saturated carbocycles. The van der Waals surface area contributed by atoms with Crippen LogP contribution < -0.4 is 5.73 Å². The Hall–Kier alpha value is -0.0800. The van der Waals surface area contributed by atoms with Gasteiger partial charge in [-0.15, -0.1) is 0 Å². The van der Waals surface area contributed by atoms with Crippen LogP contribution in [-0.4, -0.2) is 17.7 Å². The number of fused-ring (bicyclic) bond motifs is 2. The number of nitrogens with two attached hydrogens (primary N) is 1. The van der Waals surface area contributed by atoms with Gasteiger partial charge in [-0.05, 0) is 31.6 Å². The van der Waals surface area contributed by atoms with E-state index in [2.05, 4.69) is 13.8 Å². The number of rotatable bonds is 2. The highest BCUT2D eigenvalue weighted by atomic mass is 16.5. The molecule has 12 heavy (non-hydrogen) atoms. The first kappa shape index (κ1) is 8.52. The molecule has 2 N–H and O–H groups in total. The van der Waals surface area contributed by atoms with Gasteiger partial charge < -0.3 is 10.5 Å². The van der Waals surface area contributed by atoms with Crippen LogP contribution in [0, 0.1) is 5.92 Å². The van der Waals surface area contributed by atoms with Crippen LogP contribution in [0.1, 0.15) is 39.5 Å². The fourth-order valence-electron chi connectivity index (χ4n) is 2.81. The number of ether oxygens (including phenoxy) is 1. The van der Waals surface area contributed by atoms with Crippen molar-refractivity contribution in [3.8, 4) is 0 Å². The topological polar surface area (TPSA) is 35.2 Å². The number of hydrogen-bond donors (Lipinski definition) is 1. The van der Waals surface area contributed by atoms with Crippen molar-refractivity contribution in [2.75, 3.05) is 0 Å². The average molecular weight is 169 g/mol. The Labute approximate surface area is 74.5 Å². The SMILES string of the molecule is CC(C)CC1(N)CC2CCC1O2. The van der Waals surface area contributed by atoms with Crippen LogP contribution in [0.15, 0.2) is 0 Å². The van der Waals surface area contributed by atoms with Crippen molar-refractivity contribution in [3.05, 3.63) is 0 Å². The number of hydrogen-bond acceptors (Lipinski definition) is 2. The maximum absolute atomic E-state index is 6.32. The maximum Gasteiger partial charge on any atom is 0.0760 e. The molecule has 2 heterocycles. The summed E-state index contributed by atoms with van der Waals surface area (Å²) in [5.41, 5.74) is 6.33. The van der Waals surface area contributed by atoms with E-state index in [1.54, 1.807) is 0 Å². The lowest BCUT2D eigenvalue weighted by atomic mass is 9.77. The minimum Gasteiger partial charge on any atom is -0.373 e. The van der Waals surface area contributed by atoms with Gasteiger partial charge in [-0.3, -0.25) is 0 Å². The molecule has 2 saturated heterocycles. The molecule has 70 valence electrons. The first-order valence-corrected chi connectivity index (χ1v) is 5.04. The van der Waals surface area contributed by atoms with Gasteiger partial charge in [-0.1, -0.05) is 13.8 Å². The lowest BCUT2D eigenvalue weighted by Crippen LogP contribution is -2.49. The Bertz CT molecular complexity index is 181. The Morgan fingerprint density at radius 3 is 2.67 bits per heavy atom. The van der Waals surface area contributed by atoms with Crippen molar-refractivity contribution in [1.29, 1.82) is 0 Å². The molecule has 2 heteroatoms. The van der Waals surface area contributed by atoms with Gasteiger partial charge in [0.2, 0.25) is 0 Å². The fraction of sp³-hybridized carbons (Fsp3) is 1.00. The molecule has 0 aromatic heterocycles. The molecule has 2 aliphatic rings. The van der Waals surface area contributed by atoms with Gasteiger partial charge in [0.05, 0.1) is 12.2 Å². The zero-order valence-electron chi connectivity index (χ0n) is 8.05. The second kappa shape index (κ2) is 2.71. The summed E-state index contributed by atoms with van der Waals surface area (Å²) >= 11 is 0. The summed E-state index contributed by atoms with van der Waals surface area (Å²) in [7, 11) is 0. The van der Waals surface area contributed by atoms with E-state index >= 15 is 0 Å². The van der Waals surface area contributed by atoms with Crippen LogP contribution >= 0.6 is 0 Å². The van der Waals surface area contributed by atoms with Crippen molar-refractivity contribution in [1.82, 2.24) is 0 Å². The van der Waals surface area contributed by atoms with E-state index in [9.17, 15) is 0 Å². The molecule has 0 radical (unpaired) electrons. The predicted octanol–water partition coefficient (Wildman–Crippen LogP) is 1.68. The Morgan fingerprint density at radius 2 is 2.25 bits per heavy atom. The molecule has 0 aliphatic carbocycles. The van der Waals surface area contributed by atoms with Crippen molar-refractivity contribution < 1.29 is 4.74 Å². The smallest absolute Gasteiger partial charge is 0.0760 e. The van der Waals surface area contributed by atoms with E-state index in [0.29, 0.717) is 18.1 Å². The molecule has 2 rings (SSSR count). The third-order valence-electron chi connectivity index (χ3n) is 3.14. The first-order valence-electron chi connectivity index (χ1n) is 5.04. The quantitative estimate of drug-likeness (QED) is 0.682. The van der Waals surface area contributed by atoms with Gasteiger partial charge in [0.25, 0.3) is 0 Å². The normalized spacial score (nSPS) is 46.0. The van der Waals surface area contributed by atoms with Crippen molar-refractivity contribution >= 4 is 0 Å². The summed E-state index contributed by atoms with van der Waals surface area (Å²) in [6.45, 7) is 4.47. The molecular formula is C10H19NO. The molecule has 3 atom stereocenters. The summed E-state index contributed by atoms with van der Waals surface area (Å²) < 4.78 is 5.76. The minimum absolute atomic E-state index is 0.0110. The van der Waals surface area contributed by atoms with Gasteiger partial charge >= 0.3 is 0 Å². The zero-order valence-corrected chi connectivity index (χ0v) is 8.05. The summed E-state index contributed by atoms with van der Waals surface area (Å²) in [6.07, 6.45) is 5.49. The standard InChI is InChI=1S/C10H19NO/c1-7(2)5-10(11)6-8-3-4-9(10)12-8/h7-9H,3-6,11H2,1-2H3. The van der Waals surface area contributed by atoms with Gasteiger partial charge in [0, 0.05) is 5.54 Å². The van der Waals surface area contributed by atoms with E-state index in [-0.39, 0.29) is 5.54 Å². The van der Waals surface area contributed by atoms with Crippen LogP contribution in [0.5, 0.6) is 0 Å². The van der Waals surface area contributed by atoms with Crippen LogP contribution in [0.4, 0.5) is 0 Å². The Balaban J connectivity index is 2.03. The van der Waals surface area contributed by atoms with Gasteiger partial charge in [0.1, 0.15) is 0 Å². The molecule has 2 nitrogen and oxygen atoms in total. The van der Waals surface area contributed by atoms with Gasteiger partial charge in [-0.2, -0.15) is 0 Å². The largest absolute Gasteiger partial charge is 0.373 e. The van der Waals surface area contributed by atoms with E-state index < -0.39 is 0 Å². The molecule has 0 amide bonds. The lowest BCUT2D eigenvalue weighted by molar-refractivity contribution is 0.0809. The van der Waals surface area contributed by atoms with Crippen LogP contribution in [0.3, 0.4) is 0 Å². The third-order valence-corrected chi connectivity index (χ3v) is 3.14. The molecule has 2 fully saturated rings. The zero-order chi connectivity index (χ0) is 8.77. The van der Waals surface area contributed by atoms with E-state index in [1.807, 2.05) is 0 Å². The Kier molecular flexibility index (Phi) is 1.92. The summed E-state index contributed by atoms with van der Waals surface area (Å²) in [4.78, 5) is 0. The molecule has 0 aromatic rings. The minimum atomic E-state index is 0.0110. The molecular weight excluding hydrogens is 150 g/mol. The first-order chi connectivity index (χ1) is 5.60. The van der Waals surface area contributed by atoms with E-state index in [1.165, 1.54) is 12.8 Å². The second-order valence-electron chi connectivity index (χ2n) is 4.86. The predicted molar refractivity (Wildman–Crippen MR) is 48.9 cm³/mol. The molecule has 3 unspecified atom stereocenters. The summed E-state index contributed by atoms with van der Waals surface area (Å²) in [6, 6.07) is 0. The second-order valence-corrected chi connectivity index (χ2v) is 4.86. The van der Waals surface area contributed by atoms with E-state index in [0.717, 1.165) is 12.8 Å². The summed E-state index contributed by atoms with van der Waals surface area (Å²) in [5, 5.41) is 0. The van der Waals surface area contributed by atoms with Crippen molar-refractivity contribution in [2.24, 2.45) is 11.7 Å². The molecule has 2 aliphatic heterocycles. The van der Waals surface area contributed by atoms with E-state index in [4.69, 9.17) is 10.5 Å². The van der Waals surface area contributed by atoms with Crippen LogP contribution in [-0.2, 0) is 4.74 Å². The highest BCUT2D eigenvalue weighted by Gasteiger charge is 2.49. The van der Waals surface area contributed by atoms with Crippen molar-refractivity contribution in [3.63, 3.8) is 0 Å². The highest BCUT2D eigenvalue weighted by Crippen LogP contribution is 2.43. The van der Waals surface area contributed by atoms with Gasteiger partial charge in [-0.25, -0.2) is 0 Å². The van der Waals surface area contributed by atoms with Crippen molar-refractivity contribution in [2.45, 2.75) is 57.3 Å². The third kappa shape index (κ3) is 1.27. The van der Waals surface area contributed by atoms with Gasteiger partial charge in [0.15, 0.2) is 0 Å². The average Bonchev–Trinajstić information content (AvgIpc) is 2.42. The lowest BCUT2D eigenvalue weighted by Gasteiger charge is -2.32. The van der Waals surface area contributed by atoms with Crippen LogP contribution in [0.2, 0.25) is 0 Å². The maximum atomic E-state index is 6.32. The highest BCUT2D eigenvalue weighted by molar-refractivity contribution is 5.04. The Morgan fingerprint density at radius 1 is 1.50 bits per heavy atom. The molecule has 0 aromatic carbocycles. The monoisotopic (exact) mass is 169 g/mol. The molecule has 2 bridgehead atoms. The fourth-order valence-corrected chi connectivity index (χ4v) is 2.81. The molecule has 0 spiro atoms. The van der Waals surface area contributed by atoms with Crippen LogP contribution in [0.25, 0.3) is 0 Å².